The fourth-order valence-corrected chi connectivity index (χ4v) is 3.78. The summed E-state index contributed by atoms with van der Waals surface area (Å²) in [5.74, 6) is 0.962. The molecule has 1 aliphatic heterocycles. The van der Waals surface area contributed by atoms with E-state index in [1.54, 1.807) is 7.11 Å². The number of piperidine rings is 1. The molecule has 0 aliphatic carbocycles. The Bertz CT molecular complexity index is 763. The molecule has 2 aromatic carbocycles. The zero-order chi connectivity index (χ0) is 19.2. The molecule has 0 aromatic heterocycles. The van der Waals surface area contributed by atoms with Gasteiger partial charge in [-0.05, 0) is 55.6 Å². The summed E-state index contributed by atoms with van der Waals surface area (Å²) in [6.45, 7) is 4.58. The number of hydrogen-bond acceptors (Lipinski definition) is 3. The Balaban J connectivity index is 1.56. The van der Waals surface area contributed by atoms with Crippen molar-refractivity contribution in [1.29, 1.82) is 0 Å². The van der Waals surface area contributed by atoms with Crippen molar-refractivity contribution in [2.75, 3.05) is 20.2 Å². The molecule has 1 amide bonds. The number of methoxy groups -OCH3 is 1. The van der Waals surface area contributed by atoms with Crippen molar-refractivity contribution in [2.24, 2.45) is 5.92 Å². The van der Waals surface area contributed by atoms with Crippen LogP contribution in [-0.2, 0) is 11.3 Å². The minimum absolute atomic E-state index is 0.0157. The van der Waals surface area contributed by atoms with Gasteiger partial charge >= 0.3 is 0 Å². The molecule has 1 N–H and O–H groups in total. The number of amides is 1. The predicted octanol–water partition coefficient (Wildman–Crippen LogP) is 4.44. The van der Waals surface area contributed by atoms with Crippen molar-refractivity contribution in [3.8, 4) is 5.75 Å². The second-order valence-corrected chi connectivity index (χ2v) is 7.58. The lowest BCUT2D eigenvalue weighted by Crippen LogP contribution is -2.43. The van der Waals surface area contributed by atoms with E-state index in [9.17, 15) is 4.79 Å². The van der Waals surface area contributed by atoms with Gasteiger partial charge < -0.3 is 10.1 Å². The van der Waals surface area contributed by atoms with E-state index in [1.807, 2.05) is 49.4 Å². The number of carbonyl (C=O) groups is 1. The molecule has 3 rings (SSSR count). The fourth-order valence-electron chi connectivity index (χ4n) is 3.59. The average molecular weight is 387 g/mol. The number of ether oxygens (including phenoxy) is 1. The van der Waals surface area contributed by atoms with Crippen LogP contribution in [0.1, 0.15) is 36.9 Å². The zero-order valence-electron chi connectivity index (χ0n) is 16.0. The Labute approximate surface area is 166 Å². The lowest BCUT2D eigenvalue weighted by molar-refractivity contribution is -0.127. The van der Waals surface area contributed by atoms with Crippen LogP contribution in [0.2, 0.25) is 5.02 Å². The zero-order valence-corrected chi connectivity index (χ0v) is 16.7. The minimum atomic E-state index is -0.0256. The van der Waals surface area contributed by atoms with Crippen molar-refractivity contribution in [3.05, 3.63) is 64.7 Å². The van der Waals surface area contributed by atoms with E-state index in [0.29, 0.717) is 0 Å². The third-order valence-electron chi connectivity index (χ3n) is 5.20. The molecule has 0 bridgehead atoms. The number of halogens is 1. The molecule has 4 nitrogen and oxygen atoms in total. The van der Waals surface area contributed by atoms with Crippen molar-refractivity contribution in [3.63, 3.8) is 0 Å². The maximum atomic E-state index is 12.8. The molecule has 0 spiro atoms. The lowest BCUT2D eigenvalue weighted by Gasteiger charge is -2.32. The highest BCUT2D eigenvalue weighted by Crippen LogP contribution is 2.23. The quantitative estimate of drug-likeness (QED) is 0.798. The number of benzene rings is 2. The molecule has 1 aliphatic rings. The Morgan fingerprint density at radius 3 is 2.70 bits per heavy atom. The van der Waals surface area contributed by atoms with Gasteiger partial charge in [0.1, 0.15) is 5.75 Å². The van der Waals surface area contributed by atoms with Crippen LogP contribution in [0.15, 0.2) is 48.5 Å². The molecular formula is C22H27ClN2O2. The van der Waals surface area contributed by atoms with Crippen LogP contribution < -0.4 is 10.1 Å². The van der Waals surface area contributed by atoms with Gasteiger partial charge in [0.05, 0.1) is 19.1 Å². The summed E-state index contributed by atoms with van der Waals surface area (Å²) in [6, 6.07) is 15.7. The van der Waals surface area contributed by atoms with Crippen LogP contribution in [0.5, 0.6) is 5.75 Å². The molecule has 1 heterocycles. The summed E-state index contributed by atoms with van der Waals surface area (Å²) in [5.41, 5.74) is 2.19. The largest absolute Gasteiger partial charge is 0.497 e. The third kappa shape index (κ3) is 5.24. The summed E-state index contributed by atoms with van der Waals surface area (Å²) in [4.78, 5) is 15.1. The molecule has 2 aromatic rings. The van der Waals surface area contributed by atoms with Crippen molar-refractivity contribution in [1.82, 2.24) is 10.2 Å². The Morgan fingerprint density at radius 2 is 2.00 bits per heavy atom. The van der Waals surface area contributed by atoms with Gasteiger partial charge in [-0.1, -0.05) is 41.9 Å². The Kier molecular flexibility index (Phi) is 6.75. The highest BCUT2D eigenvalue weighted by molar-refractivity contribution is 6.31. The Morgan fingerprint density at radius 1 is 1.26 bits per heavy atom. The van der Waals surface area contributed by atoms with E-state index in [4.69, 9.17) is 16.3 Å². The monoisotopic (exact) mass is 386 g/mol. The number of rotatable bonds is 6. The molecule has 1 saturated heterocycles. The molecule has 0 saturated carbocycles. The molecular weight excluding hydrogens is 360 g/mol. The molecule has 1 fully saturated rings. The number of nitrogens with one attached hydrogen (secondary N) is 1. The summed E-state index contributed by atoms with van der Waals surface area (Å²) in [5, 5.41) is 3.96. The smallest absolute Gasteiger partial charge is 0.224 e. The standard InChI is InChI=1S/C22H27ClN2O2/c1-16(17-9-11-20(27-2)12-10-17)24-22(26)19-7-5-13-25(15-19)14-18-6-3-4-8-21(18)23/h3-4,6,8-12,16,19H,5,7,13-15H2,1-2H3,(H,24,26)/t16-,19+/m1/s1. The first kappa shape index (κ1) is 19.7. The summed E-state index contributed by atoms with van der Waals surface area (Å²) >= 11 is 6.29. The summed E-state index contributed by atoms with van der Waals surface area (Å²) in [6.07, 6.45) is 1.96. The molecule has 0 unspecified atom stereocenters. The lowest BCUT2D eigenvalue weighted by atomic mass is 9.96. The van der Waals surface area contributed by atoms with E-state index in [1.165, 1.54) is 0 Å². The van der Waals surface area contributed by atoms with E-state index in [0.717, 1.165) is 54.4 Å². The van der Waals surface area contributed by atoms with Crippen LogP contribution >= 0.6 is 11.6 Å². The van der Waals surface area contributed by atoms with Gasteiger partial charge in [0, 0.05) is 18.1 Å². The van der Waals surface area contributed by atoms with Crippen molar-refractivity contribution in [2.45, 2.75) is 32.4 Å². The second kappa shape index (κ2) is 9.25. The number of hydrogen-bond donors (Lipinski definition) is 1. The van der Waals surface area contributed by atoms with Crippen LogP contribution in [-0.4, -0.2) is 31.0 Å². The van der Waals surface area contributed by atoms with Gasteiger partial charge in [-0.3, -0.25) is 9.69 Å². The topological polar surface area (TPSA) is 41.6 Å². The first-order valence-electron chi connectivity index (χ1n) is 9.47. The summed E-state index contributed by atoms with van der Waals surface area (Å²) in [7, 11) is 1.65. The molecule has 27 heavy (non-hydrogen) atoms. The van der Waals surface area contributed by atoms with Crippen LogP contribution in [0.3, 0.4) is 0 Å². The van der Waals surface area contributed by atoms with Gasteiger partial charge in [0.2, 0.25) is 5.91 Å². The van der Waals surface area contributed by atoms with Crippen LogP contribution in [0, 0.1) is 5.92 Å². The highest BCUT2D eigenvalue weighted by Gasteiger charge is 2.27. The first-order valence-corrected chi connectivity index (χ1v) is 9.84. The minimum Gasteiger partial charge on any atom is -0.497 e. The molecule has 144 valence electrons. The van der Waals surface area contributed by atoms with Gasteiger partial charge in [0.25, 0.3) is 0 Å². The number of carbonyl (C=O) groups excluding carboxylic acids is 1. The summed E-state index contributed by atoms with van der Waals surface area (Å²) < 4.78 is 5.19. The van der Waals surface area contributed by atoms with Gasteiger partial charge in [-0.25, -0.2) is 0 Å². The highest BCUT2D eigenvalue weighted by atomic mass is 35.5. The second-order valence-electron chi connectivity index (χ2n) is 7.17. The first-order chi connectivity index (χ1) is 13.1. The SMILES string of the molecule is COc1ccc([C@@H](C)NC(=O)[C@H]2CCCN(Cc3ccccc3Cl)C2)cc1. The fraction of sp³-hybridized carbons (Fsp3) is 0.409. The van der Waals surface area contributed by atoms with E-state index in [-0.39, 0.29) is 17.9 Å². The Hall–Kier alpha value is -2.04. The van der Waals surface area contributed by atoms with Crippen LogP contribution in [0.4, 0.5) is 0 Å². The molecule has 0 radical (unpaired) electrons. The number of nitrogens with zero attached hydrogens (tertiary/aromatic N) is 1. The third-order valence-corrected chi connectivity index (χ3v) is 5.57. The normalized spacial score (nSPS) is 18.7. The average Bonchev–Trinajstić information content (AvgIpc) is 2.70. The van der Waals surface area contributed by atoms with Crippen molar-refractivity contribution < 1.29 is 9.53 Å². The maximum absolute atomic E-state index is 12.8. The predicted molar refractivity (Wildman–Crippen MR) is 109 cm³/mol. The van der Waals surface area contributed by atoms with Gasteiger partial charge in [0.15, 0.2) is 0 Å². The van der Waals surface area contributed by atoms with E-state index < -0.39 is 0 Å². The number of likely N-dealkylation sites (tertiary alicyclic amines) is 1. The van der Waals surface area contributed by atoms with Crippen LogP contribution in [0.25, 0.3) is 0 Å². The maximum Gasteiger partial charge on any atom is 0.224 e. The van der Waals surface area contributed by atoms with Crippen molar-refractivity contribution >= 4 is 17.5 Å². The van der Waals surface area contributed by atoms with Gasteiger partial charge in [-0.15, -0.1) is 0 Å². The molecule has 5 heteroatoms. The molecule has 2 atom stereocenters. The van der Waals surface area contributed by atoms with E-state index in [2.05, 4.69) is 16.3 Å². The van der Waals surface area contributed by atoms with E-state index >= 15 is 0 Å². The van der Waals surface area contributed by atoms with Gasteiger partial charge in [-0.2, -0.15) is 0 Å².